The lowest BCUT2D eigenvalue weighted by Crippen LogP contribution is -2.26. The fourth-order valence-electron chi connectivity index (χ4n) is 1.55. The number of rotatable bonds is 8. The molecule has 0 aliphatic rings. The molecule has 2 heteroatoms. The van der Waals surface area contributed by atoms with Crippen LogP contribution in [0.4, 0.5) is 0 Å². The summed E-state index contributed by atoms with van der Waals surface area (Å²) in [6.45, 7) is 19.7. The molecule has 0 aliphatic carbocycles. The second kappa shape index (κ2) is 23.0. The molecular weight excluding hydrogens is 234 g/mol. The van der Waals surface area contributed by atoms with Crippen molar-refractivity contribution in [3.8, 4) is 0 Å². The van der Waals surface area contributed by atoms with Gasteiger partial charge in [-0.1, -0.05) is 67.7 Å². The molecular formula is C17H41NO. The average molecular weight is 276 g/mol. The third-order valence-corrected chi connectivity index (χ3v) is 2.73. The quantitative estimate of drug-likeness (QED) is 0.602. The van der Waals surface area contributed by atoms with Crippen LogP contribution in [0.5, 0.6) is 0 Å². The van der Waals surface area contributed by atoms with Gasteiger partial charge in [0.25, 0.3) is 0 Å². The lowest BCUT2D eigenvalue weighted by Gasteiger charge is -2.21. The summed E-state index contributed by atoms with van der Waals surface area (Å²) in [7, 11) is 1.79. The monoisotopic (exact) mass is 275 g/mol. The molecule has 19 heavy (non-hydrogen) atoms. The van der Waals surface area contributed by atoms with Crippen LogP contribution in [-0.4, -0.2) is 38.3 Å². The molecule has 0 fully saturated rings. The molecule has 0 aromatic heterocycles. The second-order valence-electron chi connectivity index (χ2n) is 4.96. The first kappa shape index (κ1) is 24.0. The fraction of sp³-hybridized carbons (Fsp3) is 1.00. The van der Waals surface area contributed by atoms with E-state index in [2.05, 4.69) is 53.4 Å². The van der Waals surface area contributed by atoms with Crippen molar-refractivity contribution < 1.29 is 4.74 Å². The van der Waals surface area contributed by atoms with Crippen molar-refractivity contribution in [2.75, 3.05) is 33.4 Å². The topological polar surface area (TPSA) is 12.5 Å². The largest absolute Gasteiger partial charge is 0.384 e. The van der Waals surface area contributed by atoms with Crippen molar-refractivity contribution in [2.45, 2.75) is 74.1 Å². The minimum Gasteiger partial charge on any atom is -0.384 e. The Bertz CT molecular complexity index is 122. The smallest absolute Gasteiger partial charge is 0.0490 e. The van der Waals surface area contributed by atoms with Gasteiger partial charge in [-0.2, -0.15) is 0 Å². The lowest BCUT2D eigenvalue weighted by molar-refractivity contribution is 0.136. The first-order valence-corrected chi connectivity index (χ1v) is 8.32. The summed E-state index contributed by atoms with van der Waals surface area (Å²) in [5, 5.41) is 0. The van der Waals surface area contributed by atoms with Crippen LogP contribution >= 0.6 is 0 Å². The summed E-state index contributed by atoms with van der Waals surface area (Å²) in [6.07, 6.45) is 5.00. The Kier molecular flexibility index (Phi) is 29.1. The van der Waals surface area contributed by atoms with Crippen LogP contribution in [0.3, 0.4) is 0 Å². The van der Waals surface area contributed by atoms with Gasteiger partial charge in [0.2, 0.25) is 0 Å². The molecule has 0 spiro atoms. The van der Waals surface area contributed by atoms with Crippen LogP contribution in [0.2, 0.25) is 0 Å². The van der Waals surface area contributed by atoms with Crippen molar-refractivity contribution in [3.05, 3.63) is 0 Å². The summed E-state index contributed by atoms with van der Waals surface area (Å²) in [5.74, 6) is 0.741. The number of methoxy groups -OCH3 is 1. The molecule has 0 saturated heterocycles. The predicted molar refractivity (Wildman–Crippen MR) is 90.0 cm³/mol. The zero-order valence-electron chi connectivity index (χ0n) is 15.1. The molecule has 0 saturated carbocycles. The van der Waals surface area contributed by atoms with Crippen LogP contribution in [0.1, 0.15) is 74.1 Å². The van der Waals surface area contributed by atoms with Crippen LogP contribution < -0.4 is 0 Å². The molecule has 0 amide bonds. The third kappa shape index (κ3) is 23.4. The van der Waals surface area contributed by atoms with Crippen LogP contribution in [0, 0.1) is 5.92 Å². The highest BCUT2D eigenvalue weighted by Gasteiger charge is 2.07. The number of hydrogen-bond donors (Lipinski definition) is 0. The Morgan fingerprint density at radius 3 is 1.53 bits per heavy atom. The Balaban J connectivity index is -0.000000360. The highest BCUT2D eigenvalue weighted by Crippen LogP contribution is 2.09. The molecule has 0 aromatic carbocycles. The van der Waals surface area contributed by atoms with E-state index in [4.69, 9.17) is 4.74 Å². The molecule has 0 radical (unpaired) electrons. The van der Waals surface area contributed by atoms with Crippen molar-refractivity contribution in [2.24, 2.45) is 5.92 Å². The van der Waals surface area contributed by atoms with Crippen LogP contribution in [-0.2, 0) is 4.74 Å². The summed E-state index contributed by atoms with van der Waals surface area (Å²) >= 11 is 0. The molecule has 2 nitrogen and oxygen atoms in total. The molecule has 0 rings (SSSR count). The van der Waals surface area contributed by atoms with E-state index in [0.717, 1.165) is 12.5 Å². The van der Waals surface area contributed by atoms with Crippen molar-refractivity contribution in [3.63, 3.8) is 0 Å². The maximum atomic E-state index is 5.18. The van der Waals surface area contributed by atoms with Gasteiger partial charge in [0.05, 0.1) is 0 Å². The molecule has 0 aromatic rings. The molecule has 1 unspecified atom stereocenters. The Morgan fingerprint density at radius 2 is 1.26 bits per heavy atom. The number of ether oxygens (including phenoxy) is 1. The van der Waals surface area contributed by atoms with Crippen molar-refractivity contribution in [1.82, 2.24) is 4.90 Å². The van der Waals surface area contributed by atoms with E-state index in [1.807, 2.05) is 0 Å². The fourth-order valence-corrected chi connectivity index (χ4v) is 1.55. The molecule has 1 atom stereocenters. The summed E-state index contributed by atoms with van der Waals surface area (Å²) in [4.78, 5) is 2.47. The number of nitrogens with zero attached hydrogens (tertiary/aromatic N) is 1. The van der Waals surface area contributed by atoms with E-state index in [1.54, 1.807) is 7.11 Å². The maximum Gasteiger partial charge on any atom is 0.0490 e. The Labute approximate surface area is 123 Å². The second-order valence-corrected chi connectivity index (χ2v) is 4.96. The average Bonchev–Trinajstić information content (AvgIpc) is 2.40. The van der Waals surface area contributed by atoms with Crippen molar-refractivity contribution in [1.29, 1.82) is 0 Å². The first-order valence-electron chi connectivity index (χ1n) is 8.32. The number of hydrogen-bond acceptors (Lipinski definition) is 2. The van der Waals surface area contributed by atoms with E-state index in [0.29, 0.717) is 0 Å². The van der Waals surface area contributed by atoms with Gasteiger partial charge in [0.1, 0.15) is 0 Å². The van der Waals surface area contributed by atoms with Gasteiger partial charge in [0.15, 0.2) is 0 Å². The van der Waals surface area contributed by atoms with E-state index in [-0.39, 0.29) is 0 Å². The molecule has 0 bridgehead atoms. The predicted octanol–water partition coefficient (Wildman–Crippen LogP) is 5.22. The molecule has 0 N–H and O–H groups in total. The molecule has 120 valence electrons. The first-order chi connectivity index (χ1) is 9.11. The minimum absolute atomic E-state index is 0.741. The van der Waals surface area contributed by atoms with Gasteiger partial charge in [-0.15, -0.1) is 0 Å². The Hall–Kier alpha value is -0.0800. The van der Waals surface area contributed by atoms with Gasteiger partial charge >= 0.3 is 0 Å². The summed E-state index contributed by atoms with van der Waals surface area (Å²) in [6, 6.07) is 0. The highest BCUT2D eigenvalue weighted by molar-refractivity contribution is 4.60. The molecule has 0 heterocycles. The van der Waals surface area contributed by atoms with E-state index >= 15 is 0 Å². The summed E-state index contributed by atoms with van der Waals surface area (Å²) in [5.41, 5.74) is 0. The van der Waals surface area contributed by atoms with Crippen LogP contribution in [0.15, 0.2) is 0 Å². The van der Waals surface area contributed by atoms with Gasteiger partial charge in [-0.05, 0) is 32.0 Å². The van der Waals surface area contributed by atoms with Crippen LogP contribution in [0.25, 0.3) is 0 Å². The third-order valence-electron chi connectivity index (χ3n) is 2.73. The van der Waals surface area contributed by atoms with E-state index < -0.39 is 0 Å². The van der Waals surface area contributed by atoms with Gasteiger partial charge < -0.3 is 9.64 Å². The zero-order chi connectivity index (χ0) is 15.5. The van der Waals surface area contributed by atoms with Gasteiger partial charge in [-0.3, -0.25) is 0 Å². The normalized spacial score (nSPS) is 11.2. The Morgan fingerprint density at radius 1 is 0.842 bits per heavy atom. The lowest BCUT2D eigenvalue weighted by atomic mass is 10.0. The van der Waals surface area contributed by atoms with E-state index in [1.165, 1.54) is 45.3 Å². The van der Waals surface area contributed by atoms with Gasteiger partial charge in [-0.25, -0.2) is 0 Å². The molecule has 0 aliphatic heterocycles. The summed E-state index contributed by atoms with van der Waals surface area (Å²) < 4.78 is 5.18. The standard InChI is InChI=1S/C11H25NO.2C3H8/c1-5-11(10-13-4)8-9-12(6-2)7-3;2*1-3-2/h11H,5-10H2,1-4H3;2*3H2,1-2H3. The maximum absolute atomic E-state index is 5.18. The SMILES string of the molecule is CCC.CCC.CCC(CCN(CC)CC)COC. The van der Waals surface area contributed by atoms with E-state index in [9.17, 15) is 0 Å². The zero-order valence-corrected chi connectivity index (χ0v) is 15.1. The van der Waals surface area contributed by atoms with Crippen molar-refractivity contribution >= 4 is 0 Å². The van der Waals surface area contributed by atoms with Gasteiger partial charge in [0, 0.05) is 13.7 Å². The minimum atomic E-state index is 0.741. The highest BCUT2D eigenvalue weighted by atomic mass is 16.5.